The molecule has 0 unspecified atom stereocenters. The maximum Gasteiger partial charge on any atom is 0.322 e. The van der Waals surface area contributed by atoms with Gasteiger partial charge in [-0.25, -0.2) is 0 Å². The van der Waals surface area contributed by atoms with Gasteiger partial charge in [0.25, 0.3) is 10.2 Å². The lowest BCUT2D eigenvalue weighted by atomic mass is 9.96. The van der Waals surface area contributed by atoms with Crippen LogP contribution in [0.4, 0.5) is 0 Å². The lowest BCUT2D eigenvalue weighted by Gasteiger charge is -2.35. The Balaban J connectivity index is 1.97. The van der Waals surface area contributed by atoms with Crippen molar-refractivity contribution in [2.45, 2.75) is 31.8 Å². The third-order valence-electron chi connectivity index (χ3n) is 4.18. The second kappa shape index (κ2) is 5.40. The molecule has 0 aliphatic carbocycles. The van der Waals surface area contributed by atoms with E-state index in [0.29, 0.717) is 13.1 Å². The molecule has 1 atom stereocenters. The molecule has 2 heterocycles. The quantitative estimate of drug-likeness (QED) is 0.897. The average Bonchev–Trinajstić information content (AvgIpc) is 3.00. The topological polar surface area (TPSA) is 77.9 Å². The number of aliphatic carboxylic acids is 1. The number of carboxylic acid groups (broad SMARTS) is 1. The second-order valence-electron chi connectivity index (χ2n) is 5.49. The number of carbonyl (C=O) groups is 1. The minimum atomic E-state index is -3.71. The molecule has 114 valence electrons. The Labute approximate surface area is 124 Å². The Morgan fingerprint density at radius 1 is 1.14 bits per heavy atom. The Morgan fingerprint density at radius 2 is 1.76 bits per heavy atom. The molecule has 1 N–H and O–H groups in total. The fourth-order valence-corrected chi connectivity index (χ4v) is 4.82. The number of nitrogens with zero attached hydrogens (tertiary/aromatic N) is 2. The van der Waals surface area contributed by atoms with E-state index in [0.717, 1.165) is 28.3 Å². The monoisotopic (exact) mass is 310 g/mol. The molecule has 0 spiro atoms. The van der Waals surface area contributed by atoms with Gasteiger partial charge in [-0.05, 0) is 24.0 Å². The normalized spacial score (nSPS) is 23.9. The van der Waals surface area contributed by atoms with Gasteiger partial charge in [-0.3, -0.25) is 4.79 Å². The molecule has 1 saturated heterocycles. The van der Waals surface area contributed by atoms with Crippen LogP contribution in [0.5, 0.6) is 0 Å². The van der Waals surface area contributed by atoms with Crippen LogP contribution in [0, 0.1) is 0 Å². The number of carboxylic acids is 1. The molecule has 1 aromatic carbocycles. The summed E-state index contributed by atoms with van der Waals surface area (Å²) in [4.78, 5) is 11.5. The summed E-state index contributed by atoms with van der Waals surface area (Å²) in [5.74, 6) is -1.09. The average molecular weight is 310 g/mol. The Hall–Kier alpha value is -1.44. The number of rotatable bonds is 3. The predicted octanol–water partition coefficient (Wildman–Crippen LogP) is 0.839. The van der Waals surface area contributed by atoms with E-state index in [1.165, 1.54) is 4.31 Å². The third kappa shape index (κ3) is 2.56. The zero-order chi connectivity index (χ0) is 15.0. The summed E-state index contributed by atoms with van der Waals surface area (Å²) < 4.78 is 27.9. The van der Waals surface area contributed by atoms with Crippen molar-refractivity contribution in [3.05, 3.63) is 35.4 Å². The van der Waals surface area contributed by atoms with E-state index in [9.17, 15) is 18.3 Å². The van der Waals surface area contributed by atoms with Crippen molar-refractivity contribution in [1.29, 1.82) is 0 Å². The van der Waals surface area contributed by atoms with Crippen LogP contribution in [0.3, 0.4) is 0 Å². The molecule has 0 radical (unpaired) electrons. The summed E-state index contributed by atoms with van der Waals surface area (Å²) in [6.07, 6.45) is 1.89. The van der Waals surface area contributed by atoms with Gasteiger partial charge in [0.05, 0.1) is 0 Å². The summed E-state index contributed by atoms with van der Waals surface area (Å²) in [7, 11) is -3.71. The summed E-state index contributed by atoms with van der Waals surface area (Å²) >= 11 is 0. The fraction of sp³-hybridized carbons (Fsp3) is 0.500. The molecule has 21 heavy (non-hydrogen) atoms. The number of hydrogen-bond acceptors (Lipinski definition) is 3. The first-order valence-corrected chi connectivity index (χ1v) is 8.46. The molecular formula is C14H18N2O4S. The smallest absolute Gasteiger partial charge is 0.322 e. The van der Waals surface area contributed by atoms with Gasteiger partial charge in [0, 0.05) is 26.1 Å². The first-order valence-electron chi connectivity index (χ1n) is 7.06. The van der Waals surface area contributed by atoms with Crippen molar-refractivity contribution in [3.8, 4) is 0 Å². The van der Waals surface area contributed by atoms with E-state index >= 15 is 0 Å². The van der Waals surface area contributed by atoms with Crippen LogP contribution in [0.2, 0.25) is 0 Å². The van der Waals surface area contributed by atoms with Gasteiger partial charge in [0.2, 0.25) is 0 Å². The molecule has 0 saturated carbocycles. The predicted molar refractivity (Wildman–Crippen MR) is 76.8 cm³/mol. The van der Waals surface area contributed by atoms with Crippen LogP contribution in [-0.4, -0.2) is 47.2 Å². The van der Waals surface area contributed by atoms with Crippen molar-refractivity contribution in [2.24, 2.45) is 0 Å². The number of benzene rings is 1. The molecule has 2 aliphatic rings. The van der Waals surface area contributed by atoms with Crippen LogP contribution in [0.1, 0.15) is 24.0 Å². The molecule has 1 fully saturated rings. The lowest BCUT2D eigenvalue weighted by molar-refractivity contribution is -0.141. The highest BCUT2D eigenvalue weighted by molar-refractivity contribution is 7.86. The molecule has 0 bridgehead atoms. The summed E-state index contributed by atoms with van der Waals surface area (Å²) in [6.45, 7) is 1.09. The van der Waals surface area contributed by atoms with Crippen molar-refractivity contribution >= 4 is 16.2 Å². The van der Waals surface area contributed by atoms with Gasteiger partial charge in [0.15, 0.2) is 0 Å². The van der Waals surface area contributed by atoms with Gasteiger partial charge in [-0.1, -0.05) is 24.3 Å². The van der Waals surface area contributed by atoms with Crippen LogP contribution in [0.25, 0.3) is 0 Å². The van der Waals surface area contributed by atoms with Crippen LogP contribution >= 0.6 is 0 Å². The van der Waals surface area contributed by atoms with Crippen LogP contribution < -0.4 is 0 Å². The van der Waals surface area contributed by atoms with E-state index in [-0.39, 0.29) is 13.0 Å². The molecular weight excluding hydrogens is 292 g/mol. The first-order chi connectivity index (χ1) is 10.00. The zero-order valence-corrected chi connectivity index (χ0v) is 12.4. The van der Waals surface area contributed by atoms with Gasteiger partial charge in [-0.2, -0.15) is 17.0 Å². The van der Waals surface area contributed by atoms with Gasteiger partial charge < -0.3 is 5.11 Å². The molecule has 0 aromatic heterocycles. The van der Waals surface area contributed by atoms with Gasteiger partial charge in [0.1, 0.15) is 6.04 Å². The highest BCUT2D eigenvalue weighted by atomic mass is 32.2. The standard InChI is InChI=1S/C14H18N2O4S/c17-14(18)13-9-11-5-1-2-6-12(11)10-16(13)21(19,20)15-7-3-4-8-15/h1-2,5-6,13H,3-4,7-10H2,(H,17,18)/t13-/m0/s1. The summed E-state index contributed by atoms with van der Waals surface area (Å²) in [5, 5.41) is 9.42. The van der Waals surface area contributed by atoms with Crippen molar-refractivity contribution in [1.82, 2.24) is 8.61 Å². The molecule has 7 heteroatoms. The fourth-order valence-electron chi connectivity index (χ4n) is 3.02. The minimum Gasteiger partial charge on any atom is -0.480 e. The Kier molecular flexibility index (Phi) is 3.73. The SMILES string of the molecule is O=C(O)[C@@H]1Cc2ccccc2CN1S(=O)(=O)N1CCCC1. The largest absolute Gasteiger partial charge is 0.480 e. The van der Waals surface area contributed by atoms with E-state index in [2.05, 4.69) is 0 Å². The first kappa shape index (κ1) is 14.5. The number of fused-ring (bicyclic) bond motifs is 1. The van der Waals surface area contributed by atoms with Gasteiger partial charge in [-0.15, -0.1) is 0 Å². The zero-order valence-electron chi connectivity index (χ0n) is 11.6. The molecule has 3 rings (SSSR count). The highest BCUT2D eigenvalue weighted by Gasteiger charge is 2.42. The van der Waals surface area contributed by atoms with Crippen molar-refractivity contribution in [2.75, 3.05) is 13.1 Å². The lowest BCUT2D eigenvalue weighted by Crippen LogP contribution is -2.53. The van der Waals surface area contributed by atoms with Crippen LogP contribution in [-0.2, 0) is 28.0 Å². The molecule has 1 aromatic rings. The summed E-state index contributed by atoms with van der Waals surface area (Å²) in [6, 6.07) is 6.40. The molecule has 6 nitrogen and oxygen atoms in total. The number of hydrogen-bond donors (Lipinski definition) is 1. The second-order valence-corrected chi connectivity index (χ2v) is 7.37. The Morgan fingerprint density at radius 3 is 2.38 bits per heavy atom. The van der Waals surface area contributed by atoms with E-state index < -0.39 is 22.2 Å². The highest BCUT2D eigenvalue weighted by Crippen LogP contribution is 2.28. The van der Waals surface area contributed by atoms with E-state index in [1.807, 2.05) is 24.3 Å². The van der Waals surface area contributed by atoms with Gasteiger partial charge >= 0.3 is 5.97 Å². The van der Waals surface area contributed by atoms with E-state index in [4.69, 9.17) is 0 Å². The maximum atomic E-state index is 12.7. The van der Waals surface area contributed by atoms with Crippen molar-refractivity contribution < 1.29 is 18.3 Å². The minimum absolute atomic E-state index is 0.131. The third-order valence-corrected chi connectivity index (χ3v) is 6.17. The maximum absolute atomic E-state index is 12.7. The van der Waals surface area contributed by atoms with E-state index in [1.54, 1.807) is 0 Å². The Bertz CT molecular complexity index is 653. The molecule has 0 amide bonds. The van der Waals surface area contributed by atoms with Crippen molar-refractivity contribution in [3.63, 3.8) is 0 Å². The summed E-state index contributed by atoms with van der Waals surface area (Å²) in [5.41, 5.74) is 1.80. The van der Waals surface area contributed by atoms with Crippen LogP contribution in [0.15, 0.2) is 24.3 Å². The molecule has 2 aliphatic heterocycles.